The van der Waals surface area contributed by atoms with Crippen molar-refractivity contribution in [2.24, 2.45) is 0 Å². The quantitative estimate of drug-likeness (QED) is 0.803. The first-order valence-electron chi connectivity index (χ1n) is 5.36. The number of nitrogens with two attached hydrogens (primary N) is 1. The van der Waals surface area contributed by atoms with Crippen LogP contribution >= 0.6 is 0 Å². The van der Waals surface area contributed by atoms with Gasteiger partial charge in [-0.25, -0.2) is 9.78 Å². The van der Waals surface area contributed by atoms with Gasteiger partial charge in [-0.05, 0) is 20.8 Å². The summed E-state index contributed by atoms with van der Waals surface area (Å²) in [6.07, 6.45) is 0.899. The van der Waals surface area contributed by atoms with Crippen LogP contribution in [0, 0.1) is 0 Å². The van der Waals surface area contributed by atoms with Gasteiger partial charge in [0.25, 0.3) is 0 Å². The largest absolute Gasteiger partial charge is 0.444 e. The Morgan fingerprint density at radius 1 is 1.50 bits per heavy atom. The number of carbonyl (C=O) groups excluding carboxylic acids is 1. The first-order chi connectivity index (χ1) is 8.35. The van der Waals surface area contributed by atoms with Crippen LogP contribution in [0.2, 0.25) is 0 Å². The first kappa shape index (κ1) is 12.2. The second kappa shape index (κ2) is 4.17. The Hall–Kier alpha value is -2.31. The second-order valence-corrected chi connectivity index (χ2v) is 4.77. The predicted molar refractivity (Wildman–Crippen MR) is 66.1 cm³/mol. The van der Waals surface area contributed by atoms with E-state index in [1.54, 1.807) is 26.8 Å². The molecule has 0 bridgehead atoms. The Kier molecular flexibility index (Phi) is 2.82. The van der Waals surface area contributed by atoms with Gasteiger partial charge in [-0.15, -0.1) is 0 Å². The van der Waals surface area contributed by atoms with Gasteiger partial charge in [0.1, 0.15) is 5.60 Å². The van der Waals surface area contributed by atoms with Gasteiger partial charge in [-0.3, -0.25) is 5.32 Å². The number of rotatable bonds is 1. The van der Waals surface area contributed by atoms with Gasteiger partial charge in [0.2, 0.25) is 0 Å². The van der Waals surface area contributed by atoms with Gasteiger partial charge in [0.15, 0.2) is 16.9 Å². The van der Waals surface area contributed by atoms with Crippen molar-refractivity contribution in [2.75, 3.05) is 11.1 Å². The lowest BCUT2D eigenvalue weighted by Crippen LogP contribution is -2.27. The van der Waals surface area contributed by atoms with E-state index in [0.717, 1.165) is 0 Å². The molecule has 7 nitrogen and oxygen atoms in total. The van der Waals surface area contributed by atoms with E-state index < -0.39 is 11.7 Å². The van der Waals surface area contributed by atoms with Crippen LogP contribution in [0.25, 0.3) is 11.1 Å². The van der Waals surface area contributed by atoms with E-state index in [4.69, 9.17) is 15.0 Å². The molecule has 7 heteroatoms. The number of hydrogen-bond donors (Lipinski definition) is 2. The zero-order chi connectivity index (χ0) is 13.3. The molecular formula is C11H14N4O3. The number of amides is 1. The van der Waals surface area contributed by atoms with E-state index >= 15 is 0 Å². The SMILES string of the molecule is CC(C)(C)OC(=O)Nc1cnc2c(N)noc2c1. The number of aromatic nitrogens is 2. The number of ether oxygens (including phenoxy) is 1. The van der Waals surface area contributed by atoms with E-state index in [1.807, 2.05) is 0 Å². The highest BCUT2D eigenvalue weighted by molar-refractivity contribution is 5.89. The molecule has 0 spiro atoms. The predicted octanol–water partition coefficient (Wildman–Crippen LogP) is 2.15. The van der Waals surface area contributed by atoms with Crippen LogP contribution in [0.1, 0.15) is 20.8 Å². The Morgan fingerprint density at radius 3 is 2.89 bits per heavy atom. The number of carbonyl (C=O) groups is 1. The molecule has 18 heavy (non-hydrogen) atoms. The molecular weight excluding hydrogens is 236 g/mol. The standard InChI is InChI=1S/C11H14N4O3/c1-11(2,3)17-10(16)14-6-4-7-8(13-5-6)9(12)15-18-7/h4-5H,1-3H3,(H2,12,15)(H,14,16). The number of nitrogens with zero attached hydrogens (tertiary/aromatic N) is 2. The smallest absolute Gasteiger partial charge is 0.412 e. The molecule has 0 aliphatic heterocycles. The Bertz CT molecular complexity index is 585. The highest BCUT2D eigenvalue weighted by Crippen LogP contribution is 2.21. The van der Waals surface area contributed by atoms with Crippen molar-refractivity contribution in [2.45, 2.75) is 26.4 Å². The molecule has 2 aromatic heterocycles. The number of pyridine rings is 1. The van der Waals surface area contributed by atoms with Crippen LogP contribution in [0.15, 0.2) is 16.8 Å². The van der Waals surface area contributed by atoms with Crippen LogP contribution in [0.4, 0.5) is 16.3 Å². The summed E-state index contributed by atoms with van der Waals surface area (Å²) in [4.78, 5) is 15.6. The summed E-state index contributed by atoms with van der Waals surface area (Å²) in [6.45, 7) is 5.35. The molecule has 3 N–H and O–H groups in total. The Balaban J connectivity index is 2.15. The molecule has 1 amide bonds. The first-order valence-corrected chi connectivity index (χ1v) is 5.36. The molecule has 96 valence electrons. The van der Waals surface area contributed by atoms with E-state index in [0.29, 0.717) is 16.8 Å². The lowest BCUT2D eigenvalue weighted by Gasteiger charge is -2.19. The monoisotopic (exact) mass is 250 g/mol. The molecule has 0 aliphatic rings. The van der Waals surface area contributed by atoms with E-state index in [1.165, 1.54) is 6.20 Å². The zero-order valence-corrected chi connectivity index (χ0v) is 10.4. The molecule has 0 fully saturated rings. The van der Waals surface area contributed by atoms with E-state index in [2.05, 4.69) is 15.5 Å². The topological polar surface area (TPSA) is 103 Å². The van der Waals surface area contributed by atoms with Crippen molar-refractivity contribution < 1.29 is 14.1 Å². The summed E-state index contributed by atoms with van der Waals surface area (Å²) in [7, 11) is 0. The lowest BCUT2D eigenvalue weighted by atomic mass is 10.2. The molecule has 0 radical (unpaired) electrons. The molecule has 2 heterocycles. The maximum Gasteiger partial charge on any atom is 0.412 e. The van der Waals surface area contributed by atoms with Crippen molar-refractivity contribution in [1.29, 1.82) is 0 Å². The van der Waals surface area contributed by atoms with Gasteiger partial charge < -0.3 is 15.0 Å². The van der Waals surface area contributed by atoms with Crippen molar-refractivity contribution >= 4 is 28.7 Å². The minimum absolute atomic E-state index is 0.216. The van der Waals surface area contributed by atoms with Crippen LogP contribution in [-0.2, 0) is 4.74 Å². The third-order valence-electron chi connectivity index (χ3n) is 1.98. The van der Waals surface area contributed by atoms with Crippen molar-refractivity contribution in [3.8, 4) is 0 Å². The summed E-state index contributed by atoms with van der Waals surface area (Å²) in [5.74, 6) is 0.216. The minimum atomic E-state index is -0.559. The van der Waals surface area contributed by atoms with Gasteiger partial charge in [0, 0.05) is 6.07 Å². The number of hydrogen-bond acceptors (Lipinski definition) is 6. The van der Waals surface area contributed by atoms with Crippen molar-refractivity contribution in [1.82, 2.24) is 10.1 Å². The van der Waals surface area contributed by atoms with E-state index in [-0.39, 0.29) is 5.82 Å². The summed E-state index contributed by atoms with van der Waals surface area (Å²) in [5, 5.41) is 6.12. The fraction of sp³-hybridized carbons (Fsp3) is 0.364. The van der Waals surface area contributed by atoms with Crippen molar-refractivity contribution in [3.05, 3.63) is 12.3 Å². The molecule has 0 unspecified atom stereocenters. The average molecular weight is 250 g/mol. The average Bonchev–Trinajstić information content (AvgIpc) is 2.57. The third-order valence-corrected chi connectivity index (χ3v) is 1.98. The van der Waals surface area contributed by atoms with E-state index in [9.17, 15) is 4.79 Å². The molecule has 0 saturated carbocycles. The number of nitrogen functional groups attached to an aromatic ring is 1. The summed E-state index contributed by atoms with van der Waals surface area (Å²) in [6, 6.07) is 1.58. The lowest BCUT2D eigenvalue weighted by molar-refractivity contribution is 0.0636. The number of nitrogens with one attached hydrogen (secondary N) is 1. The van der Waals surface area contributed by atoms with Gasteiger partial charge >= 0.3 is 6.09 Å². The van der Waals surface area contributed by atoms with Crippen LogP contribution in [0.5, 0.6) is 0 Å². The molecule has 0 aliphatic carbocycles. The fourth-order valence-electron chi connectivity index (χ4n) is 1.34. The summed E-state index contributed by atoms with van der Waals surface area (Å²) < 4.78 is 10.1. The summed E-state index contributed by atoms with van der Waals surface area (Å²) in [5.41, 5.74) is 6.29. The number of anilines is 2. The van der Waals surface area contributed by atoms with Gasteiger partial charge in [-0.2, -0.15) is 0 Å². The maximum absolute atomic E-state index is 11.5. The highest BCUT2D eigenvalue weighted by Gasteiger charge is 2.17. The van der Waals surface area contributed by atoms with Crippen LogP contribution < -0.4 is 11.1 Å². The van der Waals surface area contributed by atoms with Gasteiger partial charge in [-0.1, -0.05) is 5.16 Å². The number of fused-ring (bicyclic) bond motifs is 1. The van der Waals surface area contributed by atoms with Crippen LogP contribution in [0.3, 0.4) is 0 Å². The molecule has 2 rings (SSSR count). The molecule has 0 aromatic carbocycles. The molecule has 2 aromatic rings. The maximum atomic E-state index is 11.5. The Morgan fingerprint density at radius 2 is 2.22 bits per heavy atom. The highest BCUT2D eigenvalue weighted by atomic mass is 16.6. The Labute approximate surface area is 103 Å². The zero-order valence-electron chi connectivity index (χ0n) is 10.4. The fourth-order valence-corrected chi connectivity index (χ4v) is 1.34. The normalized spacial score (nSPS) is 11.5. The van der Waals surface area contributed by atoms with Crippen LogP contribution in [-0.4, -0.2) is 21.8 Å². The minimum Gasteiger partial charge on any atom is -0.444 e. The second-order valence-electron chi connectivity index (χ2n) is 4.77. The third kappa shape index (κ3) is 2.68. The van der Waals surface area contributed by atoms with Gasteiger partial charge in [0.05, 0.1) is 11.9 Å². The van der Waals surface area contributed by atoms with Crippen molar-refractivity contribution in [3.63, 3.8) is 0 Å². The molecule has 0 atom stereocenters. The molecule has 0 saturated heterocycles. The summed E-state index contributed by atoms with van der Waals surface area (Å²) >= 11 is 0.